The molecule has 1 unspecified atom stereocenters. The van der Waals surface area contributed by atoms with Crippen molar-refractivity contribution in [1.29, 1.82) is 0 Å². The predicted octanol–water partition coefficient (Wildman–Crippen LogP) is 4.63. The third-order valence-corrected chi connectivity index (χ3v) is 5.68. The molecule has 0 saturated heterocycles. The zero-order chi connectivity index (χ0) is 20.8. The Morgan fingerprint density at radius 1 is 1.07 bits per heavy atom. The first-order valence-corrected chi connectivity index (χ1v) is 9.89. The van der Waals surface area contributed by atoms with Gasteiger partial charge in [0.2, 0.25) is 0 Å². The molecule has 11 heteroatoms. The fourth-order valence-electron chi connectivity index (χ4n) is 2.06. The van der Waals surface area contributed by atoms with Gasteiger partial charge in [-0.15, -0.1) is 0 Å². The van der Waals surface area contributed by atoms with E-state index in [4.69, 9.17) is 4.74 Å². The van der Waals surface area contributed by atoms with Gasteiger partial charge < -0.3 is 9.47 Å². The molecule has 6 nitrogen and oxygen atoms in total. The van der Waals surface area contributed by atoms with Crippen LogP contribution in [0.25, 0.3) is 0 Å². The number of methoxy groups -OCH3 is 1. The summed E-state index contributed by atoms with van der Waals surface area (Å²) < 4.78 is 73.4. The highest BCUT2D eigenvalue weighted by molar-refractivity contribution is 8.04. The lowest BCUT2D eigenvalue weighted by atomic mass is 10.0. The van der Waals surface area contributed by atoms with Gasteiger partial charge in [0.25, 0.3) is 0 Å². The van der Waals surface area contributed by atoms with Crippen LogP contribution in [0.3, 0.4) is 0 Å². The number of hydrogen-bond acceptors (Lipinski definition) is 7. The van der Waals surface area contributed by atoms with Crippen LogP contribution in [0.1, 0.15) is 16.4 Å². The molecule has 0 amide bonds. The number of hydrogen-bond donors (Lipinski definition) is 0. The highest BCUT2D eigenvalue weighted by atomic mass is 32.3. The SMILES string of the molecule is COC(=O)Oc1ccc(C(Cc2ccccc2)SOS(=O)(=O)C(F)(F)F)cc1. The van der Waals surface area contributed by atoms with Gasteiger partial charge in [0.15, 0.2) is 0 Å². The Bertz CT molecular complexity index is 883. The van der Waals surface area contributed by atoms with Gasteiger partial charge in [-0.1, -0.05) is 42.5 Å². The maximum absolute atomic E-state index is 12.5. The fraction of sp³-hybridized carbons (Fsp3) is 0.235. The monoisotopic (exact) mass is 436 g/mol. The second-order valence-electron chi connectivity index (χ2n) is 5.37. The minimum Gasteiger partial charge on any atom is -0.437 e. The lowest BCUT2D eigenvalue weighted by molar-refractivity contribution is -0.0494. The van der Waals surface area contributed by atoms with Gasteiger partial charge in [-0.3, -0.25) is 0 Å². The van der Waals surface area contributed by atoms with E-state index in [0.717, 1.165) is 12.7 Å². The van der Waals surface area contributed by atoms with Crippen molar-refractivity contribution in [3.63, 3.8) is 0 Å². The van der Waals surface area contributed by atoms with Crippen LogP contribution >= 0.6 is 12.0 Å². The summed E-state index contributed by atoms with van der Waals surface area (Å²) in [7, 11) is -4.60. The molecule has 0 saturated carbocycles. The fourth-order valence-corrected chi connectivity index (χ4v) is 3.69. The van der Waals surface area contributed by atoms with Crippen LogP contribution < -0.4 is 4.74 Å². The lowest BCUT2D eigenvalue weighted by Crippen LogP contribution is -2.23. The largest absolute Gasteiger partial charge is 0.524 e. The topological polar surface area (TPSA) is 78.9 Å². The van der Waals surface area contributed by atoms with Gasteiger partial charge in [-0.25, -0.2) is 4.79 Å². The van der Waals surface area contributed by atoms with E-state index in [-0.39, 0.29) is 24.2 Å². The molecule has 0 aliphatic rings. The van der Waals surface area contributed by atoms with Gasteiger partial charge in [-0.2, -0.15) is 25.2 Å². The highest BCUT2D eigenvalue weighted by Gasteiger charge is 2.48. The Hall–Kier alpha value is -2.24. The van der Waals surface area contributed by atoms with Gasteiger partial charge in [0.05, 0.1) is 12.4 Å². The quantitative estimate of drug-likeness (QED) is 0.271. The van der Waals surface area contributed by atoms with E-state index >= 15 is 0 Å². The number of ether oxygens (including phenoxy) is 2. The summed E-state index contributed by atoms with van der Waals surface area (Å²) in [5.41, 5.74) is -4.28. The van der Waals surface area contributed by atoms with Crippen LogP contribution in [0.5, 0.6) is 5.75 Å². The minimum absolute atomic E-state index is 0.155. The molecule has 2 rings (SSSR count). The minimum atomic E-state index is -5.74. The van der Waals surface area contributed by atoms with Crippen molar-refractivity contribution in [3.05, 3.63) is 65.7 Å². The normalized spacial score (nSPS) is 13.0. The molecule has 152 valence electrons. The number of carbonyl (C=O) groups is 1. The first-order chi connectivity index (χ1) is 13.1. The van der Waals surface area contributed by atoms with Crippen molar-refractivity contribution >= 4 is 28.3 Å². The van der Waals surface area contributed by atoms with E-state index in [2.05, 4.69) is 8.37 Å². The Balaban J connectivity index is 2.21. The van der Waals surface area contributed by atoms with Crippen molar-refractivity contribution in [2.45, 2.75) is 17.2 Å². The van der Waals surface area contributed by atoms with Gasteiger partial charge in [0, 0.05) is 12.0 Å². The summed E-state index contributed by atoms with van der Waals surface area (Å²) in [6, 6.07) is 14.6. The van der Waals surface area contributed by atoms with Crippen LogP contribution in [-0.2, 0) is 24.9 Å². The molecule has 0 fully saturated rings. The van der Waals surface area contributed by atoms with Gasteiger partial charge >= 0.3 is 21.8 Å². The molecule has 0 aliphatic heterocycles. The van der Waals surface area contributed by atoms with Gasteiger partial charge in [-0.05, 0) is 29.7 Å². The van der Waals surface area contributed by atoms with Crippen molar-refractivity contribution in [2.24, 2.45) is 0 Å². The van der Waals surface area contributed by atoms with Crippen molar-refractivity contribution < 1.29 is 39.5 Å². The molecule has 2 aromatic carbocycles. The van der Waals surface area contributed by atoms with Crippen LogP contribution in [0, 0.1) is 0 Å². The summed E-state index contributed by atoms with van der Waals surface area (Å²) in [5, 5.41) is -0.772. The lowest BCUT2D eigenvalue weighted by Gasteiger charge is -2.17. The van der Waals surface area contributed by atoms with E-state index in [1.54, 1.807) is 30.3 Å². The molecule has 2 aromatic rings. The maximum atomic E-state index is 12.5. The number of carbonyl (C=O) groups excluding carboxylic acids is 1. The first-order valence-electron chi connectivity index (χ1n) is 7.68. The number of alkyl halides is 3. The van der Waals surface area contributed by atoms with Crippen molar-refractivity contribution in [3.8, 4) is 5.75 Å². The molecule has 0 heterocycles. The van der Waals surface area contributed by atoms with Crippen LogP contribution in [-0.4, -0.2) is 27.2 Å². The van der Waals surface area contributed by atoms with Crippen LogP contribution in [0.2, 0.25) is 0 Å². The second kappa shape index (κ2) is 9.30. The molecular formula is C17H15F3O6S2. The van der Waals surface area contributed by atoms with E-state index in [1.165, 1.54) is 24.3 Å². The van der Waals surface area contributed by atoms with Crippen molar-refractivity contribution in [2.75, 3.05) is 7.11 Å². The van der Waals surface area contributed by atoms with Crippen molar-refractivity contribution in [1.82, 2.24) is 0 Å². The average molecular weight is 436 g/mol. The summed E-state index contributed by atoms with van der Waals surface area (Å²) in [4.78, 5) is 11.1. The summed E-state index contributed by atoms with van der Waals surface area (Å²) in [5.74, 6) is 0.155. The summed E-state index contributed by atoms with van der Waals surface area (Å²) in [6.07, 6.45) is -0.724. The maximum Gasteiger partial charge on any atom is 0.524 e. The zero-order valence-electron chi connectivity index (χ0n) is 14.4. The highest BCUT2D eigenvalue weighted by Crippen LogP contribution is 2.38. The van der Waals surface area contributed by atoms with E-state index in [9.17, 15) is 26.4 Å². The molecule has 0 N–H and O–H groups in total. The molecule has 28 heavy (non-hydrogen) atoms. The third-order valence-electron chi connectivity index (χ3n) is 3.41. The number of rotatable bonds is 7. The number of halogens is 3. The standard InChI is InChI=1S/C17H15F3O6S2/c1-24-16(21)25-14-9-7-13(8-10-14)15(11-12-5-3-2-4-6-12)27-26-28(22,23)17(18,19)20/h2-10,15H,11H2,1H3. The van der Waals surface area contributed by atoms with Crippen LogP contribution in [0.15, 0.2) is 54.6 Å². The zero-order valence-corrected chi connectivity index (χ0v) is 16.0. The smallest absolute Gasteiger partial charge is 0.437 e. The first kappa shape index (κ1) is 22.1. The Morgan fingerprint density at radius 3 is 2.21 bits per heavy atom. The molecule has 1 atom stereocenters. The average Bonchev–Trinajstić information content (AvgIpc) is 2.65. The predicted molar refractivity (Wildman–Crippen MR) is 96.0 cm³/mol. The third kappa shape index (κ3) is 6.14. The Labute approximate surface area is 163 Å². The summed E-state index contributed by atoms with van der Waals surface area (Å²) >= 11 is 0.187. The van der Waals surface area contributed by atoms with Gasteiger partial charge in [0.1, 0.15) is 5.75 Å². The molecule has 0 spiro atoms. The van der Waals surface area contributed by atoms with E-state index in [0.29, 0.717) is 5.56 Å². The summed E-state index contributed by atoms with van der Waals surface area (Å²) in [6.45, 7) is 0. The molecule has 0 aromatic heterocycles. The Morgan fingerprint density at radius 2 is 1.68 bits per heavy atom. The molecule has 0 aliphatic carbocycles. The molecule has 0 radical (unpaired) electrons. The Kier molecular flexibility index (Phi) is 7.33. The second-order valence-corrected chi connectivity index (χ2v) is 8.04. The van der Waals surface area contributed by atoms with Crippen LogP contribution in [0.4, 0.5) is 18.0 Å². The number of benzene rings is 2. The molecule has 0 bridgehead atoms. The molecular weight excluding hydrogens is 421 g/mol. The van der Waals surface area contributed by atoms with E-state index < -0.39 is 27.0 Å². The van der Waals surface area contributed by atoms with E-state index in [1.807, 2.05) is 0 Å².